The molecule has 1 aliphatic rings. The fourth-order valence-electron chi connectivity index (χ4n) is 2.47. The van der Waals surface area contributed by atoms with E-state index in [1.165, 1.54) is 31.3 Å². The number of hydrogen-bond donors (Lipinski definition) is 1. The number of nitrogens with two attached hydrogens (primary N) is 1. The molecule has 0 amide bonds. The standard InChI is InChI=1S/C15H19BrClN/c16-13-7-6-12(15(17)10-13)9-14(18)8-11-4-2-1-3-5-11/h4,6-7,10,14H,1-3,5,8-9,18H2. The number of hydrogen-bond acceptors (Lipinski definition) is 1. The summed E-state index contributed by atoms with van der Waals surface area (Å²) in [5.41, 5.74) is 8.90. The molecule has 0 heterocycles. The lowest BCUT2D eigenvalue weighted by atomic mass is 9.92. The first-order valence-corrected chi connectivity index (χ1v) is 7.69. The molecule has 1 aromatic rings. The first kappa shape index (κ1) is 14.1. The Kier molecular flexibility index (Phi) is 5.28. The normalized spacial score (nSPS) is 17.4. The van der Waals surface area contributed by atoms with E-state index in [9.17, 15) is 0 Å². The summed E-state index contributed by atoms with van der Waals surface area (Å²) in [7, 11) is 0. The van der Waals surface area contributed by atoms with Gasteiger partial charge in [0.1, 0.15) is 0 Å². The van der Waals surface area contributed by atoms with Crippen LogP contribution in [0.2, 0.25) is 5.02 Å². The van der Waals surface area contributed by atoms with Crippen LogP contribution in [0.1, 0.15) is 37.7 Å². The summed E-state index contributed by atoms with van der Waals surface area (Å²) in [6.45, 7) is 0. The van der Waals surface area contributed by atoms with Crippen LogP contribution >= 0.6 is 27.5 Å². The molecule has 3 heteroatoms. The third kappa shape index (κ3) is 4.11. The molecule has 0 aliphatic heterocycles. The van der Waals surface area contributed by atoms with Gasteiger partial charge in [0.15, 0.2) is 0 Å². The summed E-state index contributed by atoms with van der Waals surface area (Å²) in [5.74, 6) is 0. The van der Waals surface area contributed by atoms with Crippen molar-refractivity contribution in [1.82, 2.24) is 0 Å². The topological polar surface area (TPSA) is 26.0 Å². The SMILES string of the molecule is NC(CC1=CCCCC1)Cc1ccc(Br)cc1Cl. The van der Waals surface area contributed by atoms with Crippen LogP contribution in [0.4, 0.5) is 0 Å². The molecule has 2 rings (SSSR count). The highest BCUT2D eigenvalue weighted by Crippen LogP contribution is 2.25. The second-order valence-corrected chi connectivity index (χ2v) is 6.34. The maximum Gasteiger partial charge on any atom is 0.0449 e. The van der Waals surface area contributed by atoms with Crippen LogP contribution in [0.5, 0.6) is 0 Å². The van der Waals surface area contributed by atoms with Crippen molar-refractivity contribution in [2.24, 2.45) is 5.73 Å². The Morgan fingerprint density at radius 2 is 2.11 bits per heavy atom. The molecule has 0 spiro atoms. The van der Waals surface area contributed by atoms with Crippen LogP contribution in [0.15, 0.2) is 34.3 Å². The van der Waals surface area contributed by atoms with E-state index in [4.69, 9.17) is 17.3 Å². The smallest absolute Gasteiger partial charge is 0.0449 e. The Labute approximate surface area is 123 Å². The lowest BCUT2D eigenvalue weighted by Crippen LogP contribution is -2.24. The quantitative estimate of drug-likeness (QED) is 0.785. The van der Waals surface area contributed by atoms with Crippen LogP contribution in [0.25, 0.3) is 0 Å². The van der Waals surface area contributed by atoms with E-state index in [0.717, 1.165) is 27.9 Å². The monoisotopic (exact) mass is 327 g/mol. The number of benzene rings is 1. The molecule has 0 aromatic heterocycles. The Balaban J connectivity index is 1.94. The molecule has 18 heavy (non-hydrogen) atoms. The first-order chi connectivity index (χ1) is 8.65. The molecule has 1 unspecified atom stereocenters. The van der Waals surface area contributed by atoms with E-state index >= 15 is 0 Å². The Hall–Kier alpha value is -0.310. The minimum absolute atomic E-state index is 0.174. The van der Waals surface area contributed by atoms with E-state index in [-0.39, 0.29) is 6.04 Å². The maximum absolute atomic E-state index is 6.23. The molecule has 0 bridgehead atoms. The first-order valence-electron chi connectivity index (χ1n) is 6.52. The molecule has 0 fully saturated rings. The summed E-state index contributed by atoms with van der Waals surface area (Å²) < 4.78 is 1.01. The summed E-state index contributed by atoms with van der Waals surface area (Å²) in [5, 5.41) is 0.803. The van der Waals surface area contributed by atoms with Crippen molar-refractivity contribution in [1.29, 1.82) is 0 Å². The predicted molar refractivity (Wildman–Crippen MR) is 82.0 cm³/mol. The third-order valence-corrected chi connectivity index (χ3v) is 4.25. The largest absolute Gasteiger partial charge is 0.327 e. The van der Waals surface area contributed by atoms with Gasteiger partial charge in [-0.3, -0.25) is 0 Å². The Morgan fingerprint density at radius 1 is 1.28 bits per heavy atom. The summed E-state index contributed by atoms with van der Waals surface area (Å²) in [6.07, 6.45) is 9.32. The van der Waals surface area contributed by atoms with Crippen molar-refractivity contribution in [2.45, 2.75) is 44.6 Å². The van der Waals surface area contributed by atoms with Crippen LogP contribution in [-0.2, 0) is 6.42 Å². The fraction of sp³-hybridized carbons (Fsp3) is 0.467. The van der Waals surface area contributed by atoms with Gasteiger partial charge in [-0.15, -0.1) is 0 Å². The number of rotatable bonds is 4. The molecular weight excluding hydrogens is 310 g/mol. The highest BCUT2D eigenvalue weighted by Gasteiger charge is 2.11. The average Bonchev–Trinajstić information content (AvgIpc) is 2.34. The van der Waals surface area contributed by atoms with Gasteiger partial charge in [-0.25, -0.2) is 0 Å². The van der Waals surface area contributed by atoms with Gasteiger partial charge < -0.3 is 5.73 Å². The second-order valence-electron chi connectivity index (χ2n) is 5.01. The van der Waals surface area contributed by atoms with Gasteiger partial charge in [-0.1, -0.05) is 45.2 Å². The zero-order valence-electron chi connectivity index (χ0n) is 10.5. The fourth-order valence-corrected chi connectivity index (χ4v) is 3.22. The van der Waals surface area contributed by atoms with Crippen molar-refractivity contribution in [3.8, 4) is 0 Å². The molecule has 98 valence electrons. The van der Waals surface area contributed by atoms with Gasteiger partial charge in [0.05, 0.1) is 0 Å². The third-order valence-electron chi connectivity index (χ3n) is 3.41. The second kappa shape index (κ2) is 6.74. The van der Waals surface area contributed by atoms with Crippen LogP contribution < -0.4 is 5.73 Å². The van der Waals surface area contributed by atoms with E-state index < -0.39 is 0 Å². The molecule has 1 nitrogen and oxygen atoms in total. The molecular formula is C15H19BrClN. The molecule has 0 saturated heterocycles. The predicted octanol–water partition coefficient (Wildman–Crippen LogP) is 4.86. The van der Waals surface area contributed by atoms with E-state index in [2.05, 4.69) is 28.1 Å². The van der Waals surface area contributed by atoms with E-state index in [1.807, 2.05) is 12.1 Å². The van der Waals surface area contributed by atoms with Gasteiger partial charge >= 0.3 is 0 Å². The highest BCUT2D eigenvalue weighted by atomic mass is 79.9. The number of allylic oxidation sites excluding steroid dienone is 1. The Morgan fingerprint density at radius 3 is 2.78 bits per heavy atom. The van der Waals surface area contributed by atoms with E-state index in [0.29, 0.717) is 0 Å². The van der Waals surface area contributed by atoms with Crippen molar-refractivity contribution >= 4 is 27.5 Å². The number of halogens is 2. The lowest BCUT2D eigenvalue weighted by Gasteiger charge is -2.18. The zero-order chi connectivity index (χ0) is 13.0. The molecule has 1 atom stereocenters. The van der Waals surface area contributed by atoms with Gasteiger partial charge in [0.2, 0.25) is 0 Å². The Bertz CT molecular complexity index is 442. The van der Waals surface area contributed by atoms with Gasteiger partial charge in [0, 0.05) is 15.5 Å². The van der Waals surface area contributed by atoms with Crippen molar-refractivity contribution in [3.63, 3.8) is 0 Å². The van der Waals surface area contributed by atoms with Crippen LogP contribution in [-0.4, -0.2) is 6.04 Å². The van der Waals surface area contributed by atoms with Crippen molar-refractivity contribution in [2.75, 3.05) is 0 Å². The molecule has 1 aromatic carbocycles. The summed E-state index contributed by atoms with van der Waals surface area (Å²) in [4.78, 5) is 0. The molecule has 1 aliphatic carbocycles. The van der Waals surface area contributed by atoms with Gasteiger partial charge in [-0.05, 0) is 56.2 Å². The highest BCUT2D eigenvalue weighted by molar-refractivity contribution is 9.10. The van der Waals surface area contributed by atoms with Crippen molar-refractivity contribution < 1.29 is 0 Å². The van der Waals surface area contributed by atoms with Crippen LogP contribution in [0.3, 0.4) is 0 Å². The molecule has 2 N–H and O–H groups in total. The zero-order valence-corrected chi connectivity index (χ0v) is 12.8. The van der Waals surface area contributed by atoms with Gasteiger partial charge in [-0.2, -0.15) is 0 Å². The lowest BCUT2D eigenvalue weighted by molar-refractivity contribution is 0.606. The van der Waals surface area contributed by atoms with Gasteiger partial charge in [0.25, 0.3) is 0 Å². The van der Waals surface area contributed by atoms with Crippen LogP contribution in [0, 0.1) is 0 Å². The molecule has 0 saturated carbocycles. The maximum atomic E-state index is 6.23. The molecule has 0 radical (unpaired) electrons. The average molecular weight is 329 g/mol. The minimum atomic E-state index is 0.174. The van der Waals surface area contributed by atoms with E-state index in [1.54, 1.807) is 0 Å². The summed E-state index contributed by atoms with van der Waals surface area (Å²) in [6, 6.07) is 6.19. The van der Waals surface area contributed by atoms with Crippen molar-refractivity contribution in [3.05, 3.63) is 44.9 Å². The minimum Gasteiger partial charge on any atom is -0.327 e. The summed E-state index contributed by atoms with van der Waals surface area (Å²) >= 11 is 9.63.